The monoisotopic (exact) mass is 199 g/mol. The highest BCUT2D eigenvalue weighted by atomic mass is 32.2. The number of thioether (sulfide) groups is 1. The zero-order chi connectivity index (χ0) is 9.94. The molecule has 1 N–H and O–H groups in total. The maximum Gasteiger partial charge on any atom is 0.0243 e. The first-order valence-corrected chi connectivity index (χ1v) is 6.36. The fourth-order valence-corrected chi connectivity index (χ4v) is 1.63. The van der Waals surface area contributed by atoms with Crippen LogP contribution in [0, 0.1) is 11.8 Å². The van der Waals surface area contributed by atoms with Gasteiger partial charge in [0.2, 0.25) is 0 Å². The van der Waals surface area contributed by atoms with Crippen LogP contribution in [-0.4, -0.2) is 24.6 Å². The molecule has 1 nitrogen and oxygen atoms in total. The van der Waals surface area contributed by atoms with E-state index in [0.717, 1.165) is 13.0 Å². The van der Waals surface area contributed by atoms with Gasteiger partial charge in [-0.2, -0.15) is 11.8 Å². The first-order chi connectivity index (χ1) is 6.35. The standard InChI is InChI=1S/C11H21NS/c1-4-6-7-11(8-10-13-3)12-9-5-2/h11-12H,5,7-10H2,1-3H3. The van der Waals surface area contributed by atoms with Crippen LogP contribution in [0.15, 0.2) is 0 Å². The van der Waals surface area contributed by atoms with Crippen LogP contribution < -0.4 is 5.32 Å². The Bertz CT molecular complexity index is 149. The van der Waals surface area contributed by atoms with Crippen molar-refractivity contribution in [3.8, 4) is 11.8 Å². The van der Waals surface area contributed by atoms with E-state index in [1.54, 1.807) is 0 Å². The van der Waals surface area contributed by atoms with Crippen LogP contribution in [-0.2, 0) is 0 Å². The molecule has 0 bridgehead atoms. The summed E-state index contributed by atoms with van der Waals surface area (Å²) in [4.78, 5) is 0. The molecule has 0 saturated carbocycles. The normalized spacial score (nSPS) is 11.9. The molecule has 0 aromatic heterocycles. The van der Waals surface area contributed by atoms with Crippen molar-refractivity contribution in [2.24, 2.45) is 0 Å². The Labute approximate surface area is 87.1 Å². The molecular weight excluding hydrogens is 178 g/mol. The predicted molar refractivity (Wildman–Crippen MR) is 63.1 cm³/mol. The van der Waals surface area contributed by atoms with Gasteiger partial charge in [-0.15, -0.1) is 11.8 Å². The Morgan fingerprint density at radius 2 is 2.23 bits per heavy atom. The topological polar surface area (TPSA) is 12.0 Å². The summed E-state index contributed by atoms with van der Waals surface area (Å²) in [5.74, 6) is 7.33. The summed E-state index contributed by atoms with van der Waals surface area (Å²) in [5, 5.41) is 3.52. The maximum absolute atomic E-state index is 3.52. The minimum atomic E-state index is 0.597. The molecule has 0 saturated heterocycles. The van der Waals surface area contributed by atoms with Crippen molar-refractivity contribution in [3.05, 3.63) is 0 Å². The molecule has 1 unspecified atom stereocenters. The SMILES string of the molecule is CC#CCC(CCSC)NCCC. The van der Waals surface area contributed by atoms with Crippen molar-refractivity contribution in [2.45, 2.75) is 39.2 Å². The molecular formula is C11H21NS. The second kappa shape index (κ2) is 9.95. The van der Waals surface area contributed by atoms with Crippen LogP contribution in [0.4, 0.5) is 0 Å². The van der Waals surface area contributed by atoms with Crippen molar-refractivity contribution < 1.29 is 0 Å². The van der Waals surface area contributed by atoms with Crippen LogP contribution in [0.2, 0.25) is 0 Å². The second-order valence-corrected chi connectivity index (χ2v) is 4.05. The van der Waals surface area contributed by atoms with Crippen molar-refractivity contribution in [1.82, 2.24) is 5.32 Å². The zero-order valence-electron chi connectivity index (χ0n) is 9.02. The van der Waals surface area contributed by atoms with E-state index in [9.17, 15) is 0 Å². The average Bonchev–Trinajstić information content (AvgIpc) is 2.17. The minimum Gasteiger partial charge on any atom is -0.313 e. The van der Waals surface area contributed by atoms with E-state index in [0.29, 0.717) is 6.04 Å². The Balaban J connectivity index is 3.63. The van der Waals surface area contributed by atoms with Crippen LogP contribution in [0.25, 0.3) is 0 Å². The van der Waals surface area contributed by atoms with Crippen LogP contribution >= 0.6 is 11.8 Å². The molecule has 0 fully saturated rings. The largest absolute Gasteiger partial charge is 0.313 e. The van der Waals surface area contributed by atoms with Gasteiger partial charge in [-0.05, 0) is 38.3 Å². The summed E-state index contributed by atoms with van der Waals surface area (Å²) in [6.45, 7) is 5.22. The summed E-state index contributed by atoms with van der Waals surface area (Å²) in [5.41, 5.74) is 0. The smallest absolute Gasteiger partial charge is 0.0243 e. The van der Waals surface area contributed by atoms with Crippen molar-refractivity contribution in [3.63, 3.8) is 0 Å². The molecule has 0 heterocycles. The summed E-state index contributed by atoms with van der Waals surface area (Å²) in [6, 6.07) is 0.597. The summed E-state index contributed by atoms with van der Waals surface area (Å²) in [7, 11) is 0. The first kappa shape index (κ1) is 12.9. The molecule has 0 aliphatic heterocycles. The highest BCUT2D eigenvalue weighted by molar-refractivity contribution is 7.98. The quantitative estimate of drug-likeness (QED) is 0.632. The van der Waals surface area contributed by atoms with Crippen LogP contribution in [0.1, 0.15) is 33.1 Å². The fourth-order valence-electron chi connectivity index (χ4n) is 1.11. The maximum atomic E-state index is 3.52. The summed E-state index contributed by atoms with van der Waals surface area (Å²) in [6.07, 6.45) is 5.59. The minimum absolute atomic E-state index is 0.597. The molecule has 0 aliphatic carbocycles. The molecule has 1 atom stereocenters. The highest BCUT2D eigenvalue weighted by Crippen LogP contribution is 2.03. The Hall–Kier alpha value is -0.130. The van der Waals surface area contributed by atoms with Crippen LogP contribution in [0.3, 0.4) is 0 Å². The summed E-state index contributed by atoms with van der Waals surface area (Å²) >= 11 is 1.91. The van der Waals surface area contributed by atoms with Gasteiger partial charge < -0.3 is 5.32 Å². The number of hydrogen-bond donors (Lipinski definition) is 1. The molecule has 0 radical (unpaired) electrons. The molecule has 0 spiro atoms. The predicted octanol–water partition coefficient (Wildman–Crippen LogP) is 2.52. The van der Waals surface area contributed by atoms with E-state index in [4.69, 9.17) is 0 Å². The average molecular weight is 199 g/mol. The van der Waals surface area contributed by atoms with Gasteiger partial charge in [0.1, 0.15) is 0 Å². The lowest BCUT2D eigenvalue weighted by molar-refractivity contribution is 0.509. The third-order valence-electron chi connectivity index (χ3n) is 1.88. The third kappa shape index (κ3) is 8.21. The molecule has 13 heavy (non-hydrogen) atoms. The molecule has 0 aromatic rings. The van der Waals surface area contributed by atoms with Gasteiger partial charge in [0.25, 0.3) is 0 Å². The van der Waals surface area contributed by atoms with E-state index < -0.39 is 0 Å². The molecule has 0 aromatic carbocycles. The lowest BCUT2D eigenvalue weighted by Crippen LogP contribution is -2.29. The lowest BCUT2D eigenvalue weighted by Gasteiger charge is -2.14. The van der Waals surface area contributed by atoms with Crippen molar-refractivity contribution >= 4 is 11.8 Å². The van der Waals surface area contributed by atoms with Crippen LogP contribution in [0.5, 0.6) is 0 Å². The van der Waals surface area contributed by atoms with E-state index >= 15 is 0 Å². The Morgan fingerprint density at radius 3 is 2.77 bits per heavy atom. The molecule has 76 valence electrons. The van der Waals surface area contributed by atoms with Gasteiger partial charge in [0.05, 0.1) is 0 Å². The number of rotatable bonds is 7. The molecule has 0 amide bonds. The molecule has 0 rings (SSSR count). The summed E-state index contributed by atoms with van der Waals surface area (Å²) < 4.78 is 0. The van der Waals surface area contributed by atoms with Crippen molar-refractivity contribution in [1.29, 1.82) is 0 Å². The van der Waals surface area contributed by atoms with E-state index in [1.807, 2.05) is 18.7 Å². The van der Waals surface area contributed by atoms with E-state index in [1.165, 1.54) is 18.6 Å². The second-order valence-electron chi connectivity index (χ2n) is 3.06. The third-order valence-corrected chi connectivity index (χ3v) is 2.52. The Morgan fingerprint density at radius 1 is 1.46 bits per heavy atom. The van der Waals surface area contributed by atoms with Gasteiger partial charge in [-0.25, -0.2) is 0 Å². The highest BCUT2D eigenvalue weighted by Gasteiger charge is 2.04. The molecule has 2 heteroatoms. The van der Waals surface area contributed by atoms with Gasteiger partial charge in [-0.1, -0.05) is 6.92 Å². The number of nitrogens with one attached hydrogen (secondary N) is 1. The van der Waals surface area contributed by atoms with E-state index in [-0.39, 0.29) is 0 Å². The molecule has 0 aliphatic rings. The zero-order valence-corrected chi connectivity index (χ0v) is 9.84. The van der Waals surface area contributed by atoms with Gasteiger partial charge in [-0.3, -0.25) is 0 Å². The number of hydrogen-bond acceptors (Lipinski definition) is 2. The Kier molecular flexibility index (Phi) is 9.85. The van der Waals surface area contributed by atoms with Crippen molar-refractivity contribution in [2.75, 3.05) is 18.6 Å². The lowest BCUT2D eigenvalue weighted by atomic mass is 10.1. The van der Waals surface area contributed by atoms with E-state index in [2.05, 4.69) is 30.3 Å². The fraction of sp³-hybridized carbons (Fsp3) is 0.818. The van der Waals surface area contributed by atoms with Gasteiger partial charge in [0, 0.05) is 12.5 Å². The van der Waals surface area contributed by atoms with Gasteiger partial charge in [0.15, 0.2) is 0 Å². The first-order valence-electron chi connectivity index (χ1n) is 4.97. The van der Waals surface area contributed by atoms with Gasteiger partial charge >= 0.3 is 0 Å².